The molecule has 0 spiro atoms. The third-order valence-electron chi connectivity index (χ3n) is 3.96. The quantitative estimate of drug-likeness (QED) is 0.801. The number of benzene rings is 2. The number of hydrogen-bond acceptors (Lipinski definition) is 3. The van der Waals surface area contributed by atoms with E-state index >= 15 is 0 Å². The number of aryl methyl sites for hydroxylation is 1. The number of rotatable bonds is 6. The fourth-order valence-electron chi connectivity index (χ4n) is 2.59. The molecular weight excluding hydrogens is 286 g/mol. The number of carbonyl (C=O) groups excluding carboxylic acids is 1. The fraction of sp³-hybridized carbons (Fsp3) is 0.316. The van der Waals surface area contributed by atoms with Crippen molar-refractivity contribution in [2.24, 2.45) is 0 Å². The largest absolute Gasteiger partial charge is 0.399 e. The predicted octanol–water partition coefficient (Wildman–Crippen LogP) is 3.60. The van der Waals surface area contributed by atoms with Crippen LogP contribution in [-0.4, -0.2) is 19.0 Å². The van der Waals surface area contributed by atoms with Crippen molar-refractivity contribution in [3.8, 4) is 0 Å². The molecule has 0 aliphatic rings. The standard InChI is InChI=1S/C19H25N3O/c1-4-22(5-2)17-10-11-18(14(3)12-17)21-19(23)13-15-6-8-16(20)9-7-15/h6-12H,4-5,13,20H2,1-3H3,(H,21,23). The van der Waals surface area contributed by atoms with E-state index in [1.165, 1.54) is 5.69 Å². The molecule has 122 valence electrons. The molecule has 0 fully saturated rings. The van der Waals surface area contributed by atoms with Crippen LogP contribution in [0.1, 0.15) is 25.0 Å². The van der Waals surface area contributed by atoms with Gasteiger partial charge in [-0.15, -0.1) is 0 Å². The van der Waals surface area contributed by atoms with Crippen molar-refractivity contribution in [3.05, 3.63) is 53.6 Å². The first-order valence-corrected chi connectivity index (χ1v) is 8.03. The van der Waals surface area contributed by atoms with E-state index in [0.717, 1.165) is 29.9 Å². The summed E-state index contributed by atoms with van der Waals surface area (Å²) in [5.41, 5.74) is 10.4. The van der Waals surface area contributed by atoms with E-state index in [4.69, 9.17) is 5.73 Å². The molecule has 3 N–H and O–H groups in total. The van der Waals surface area contributed by atoms with Crippen molar-refractivity contribution in [3.63, 3.8) is 0 Å². The lowest BCUT2D eigenvalue weighted by atomic mass is 10.1. The Morgan fingerprint density at radius 3 is 2.30 bits per heavy atom. The summed E-state index contributed by atoms with van der Waals surface area (Å²) in [5.74, 6) is -0.0199. The summed E-state index contributed by atoms with van der Waals surface area (Å²) < 4.78 is 0. The fourth-order valence-corrected chi connectivity index (χ4v) is 2.59. The zero-order chi connectivity index (χ0) is 16.8. The number of carbonyl (C=O) groups is 1. The summed E-state index contributed by atoms with van der Waals surface area (Å²) in [5, 5.41) is 2.99. The van der Waals surface area contributed by atoms with E-state index in [-0.39, 0.29) is 5.91 Å². The van der Waals surface area contributed by atoms with Gasteiger partial charge in [0.2, 0.25) is 5.91 Å². The molecular formula is C19H25N3O. The molecule has 4 nitrogen and oxygen atoms in total. The van der Waals surface area contributed by atoms with Crippen LogP contribution in [0.3, 0.4) is 0 Å². The van der Waals surface area contributed by atoms with E-state index in [0.29, 0.717) is 12.1 Å². The number of nitrogens with zero attached hydrogens (tertiary/aromatic N) is 1. The van der Waals surface area contributed by atoms with Crippen molar-refractivity contribution in [1.29, 1.82) is 0 Å². The molecule has 0 saturated carbocycles. The number of anilines is 3. The molecule has 2 aromatic rings. The monoisotopic (exact) mass is 311 g/mol. The SMILES string of the molecule is CCN(CC)c1ccc(NC(=O)Cc2ccc(N)cc2)c(C)c1. The van der Waals surface area contributed by atoms with Crippen LogP contribution in [0.4, 0.5) is 17.1 Å². The van der Waals surface area contributed by atoms with Gasteiger partial charge in [0.05, 0.1) is 6.42 Å². The van der Waals surface area contributed by atoms with Gasteiger partial charge in [-0.05, 0) is 62.2 Å². The van der Waals surface area contributed by atoms with Gasteiger partial charge in [0.25, 0.3) is 0 Å². The number of amides is 1. The molecule has 0 aliphatic carbocycles. The highest BCUT2D eigenvalue weighted by Gasteiger charge is 2.08. The Morgan fingerprint density at radius 2 is 1.74 bits per heavy atom. The van der Waals surface area contributed by atoms with Gasteiger partial charge in [-0.25, -0.2) is 0 Å². The topological polar surface area (TPSA) is 58.4 Å². The summed E-state index contributed by atoms with van der Waals surface area (Å²) >= 11 is 0. The minimum Gasteiger partial charge on any atom is -0.399 e. The van der Waals surface area contributed by atoms with Crippen molar-refractivity contribution >= 4 is 23.0 Å². The van der Waals surface area contributed by atoms with Crippen molar-refractivity contribution in [2.75, 3.05) is 29.0 Å². The van der Waals surface area contributed by atoms with Gasteiger partial charge in [-0.2, -0.15) is 0 Å². The molecule has 0 saturated heterocycles. The lowest BCUT2D eigenvalue weighted by Crippen LogP contribution is -2.22. The molecule has 0 radical (unpaired) electrons. The van der Waals surface area contributed by atoms with Crippen LogP contribution in [-0.2, 0) is 11.2 Å². The molecule has 0 aromatic heterocycles. The van der Waals surface area contributed by atoms with E-state index in [1.807, 2.05) is 37.3 Å². The maximum Gasteiger partial charge on any atom is 0.228 e. The predicted molar refractivity (Wildman–Crippen MR) is 97.9 cm³/mol. The average Bonchev–Trinajstić information content (AvgIpc) is 2.53. The zero-order valence-electron chi connectivity index (χ0n) is 14.1. The maximum atomic E-state index is 12.2. The van der Waals surface area contributed by atoms with E-state index in [2.05, 4.69) is 36.2 Å². The minimum atomic E-state index is -0.0199. The second kappa shape index (κ2) is 7.68. The number of nitrogens with one attached hydrogen (secondary N) is 1. The first kappa shape index (κ1) is 16.9. The molecule has 4 heteroatoms. The second-order valence-corrected chi connectivity index (χ2v) is 5.64. The molecule has 0 heterocycles. The highest BCUT2D eigenvalue weighted by molar-refractivity contribution is 5.93. The Hall–Kier alpha value is -2.49. The van der Waals surface area contributed by atoms with Crippen molar-refractivity contribution in [1.82, 2.24) is 0 Å². The van der Waals surface area contributed by atoms with Crippen LogP contribution in [0.5, 0.6) is 0 Å². The van der Waals surface area contributed by atoms with Crippen LogP contribution in [0, 0.1) is 6.92 Å². The van der Waals surface area contributed by atoms with Crippen molar-refractivity contribution in [2.45, 2.75) is 27.2 Å². The molecule has 0 bridgehead atoms. The van der Waals surface area contributed by atoms with Gasteiger partial charge in [0.1, 0.15) is 0 Å². The summed E-state index contributed by atoms with van der Waals surface area (Å²) in [6, 6.07) is 13.5. The van der Waals surface area contributed by atoms with Gasteiger partial charge in [-0.1, -0.05) is 12.1 Å². The van der Waals surface area contributed by atoms with Crippen LogP contribution in [0.15, 0.2) is 42.5 Å². The molecule has 0 unspecified atom stereocenters. The molecule has 0 aliphatic heterocycles. The number of hydrogen-bond donors (Lipinski definition) is 2. The summed E-state index contributed by atoms with van der Waals surface area (Å²) in [7, 11) is 0. The Bertz CT molecular complexity index is 661. The van der Waals surface area contributed by atoms with Crippen LogP contribution >= 0.6 is 0 Å². The van der Waals surface area contributed by atoms with Gasteiger partial charge in [-0.3, -0.25) is 4.79 Å². The van der Waals surface area contributed by atoms with Crippen LogP contribution < -0.4 is 16.0 Å². The molecule has 0 atom stereocenters. The van der Waals surface area contributed by atoms with Gasteiger partial charge in [0.15, 0.2) is 0 Å². The van der Waals surface area contributed by atoms with E-state index in [9.17, 15) is 4.79 Å². The van der Waals surface area contributed by atoms with Crippen molar-refractivity contribution < 1.29 is 4.79 Å². The van der Waals surface area contributed by atoms with Crippen LogP contribution in [0.2, 0.25) is 0 Å². The smallest absolute Gasteiger partial charge is 0.228 e. The molecule has 1 amide bonds. The first-order valence-electron chi connectivity index (χ1n) is 8.03. The highest BCUT2D eigenvalue weighted by Crippen LogP contribution is 2.23. The summed E-state index contributed by atoms with van der Waals surface area (Å²) in [6.07, 6.45) is 0.345. The first-order chi connectivity index (χ1) is 11.0. The lowest BCUT2D eigenvalue weighted by molar-refractivity contribution is -0.115. The summed E-state index contributed by atoms with van der Waals surface area (Å²) in [6.45, 7) is 8.24. The van der Waals surface area contributed by atoms with E-state index in [1.54, 1.807) is 0 Å². The third kappa shape index (κ3) is 4.49. The zero-order valence-corrected chi connectivity index (χ0v) is 14.1. The number of nitrogens with two attached hydrogens (primary N) is 1. The number of nitrogen functional groups attached to an aromatic ring is 1. The van der Waals surface area contributed by atoms with Crippen LogP contribution in [0.25, 0.3) is 0 Å². The van der Waals surface area contributed by atoms with Gasteiger partial charge in [0, 0.05) is 30.2 Å². The Balaban J connectivity index is 2.04. The Morgan fingerprint density at radius 1 is 1.09 bits per heavy atom. The third-order valence-corrected chi connectivity index (χ3v) is 3.96. The molecule has 23 heavy (non-hydrogen) atoms. The highest BCUT2D eigenvalue weighted by atomic mass is 16.1. The van der Waals surface area contributed by atoms with E-state index < -0.39 is 0 Å². The summed E-state index contributed by atoms with van der Waals surface area (Å²) in [4.78, 5) is 14.5. The second-order valence-electron chi connectivity index (χ2n) is 5.64. The average molecular weight is 311 g/mol. The normalized spacial score (nSPS) is 10.4. The molecule has 2 aromatic carbocycles. The Kier molecular flexibility index (Phi) is 5.63. The maximum absolute atomic E-state index is 12.2. The molecule has 2 rings (SSSR count). The van der Waals surface area contributed by atoms with Gasteiger partial charge < -0.3 is 16.0 Å². The lowest BCUT2D eigenvalue weighted by Gasteiger charge is -2.22. The Labute approximate surface area is 138 Å². The van der Waals surface area contributed by atoms with Gasteiger partial charge >= 0.3 is 0 Å². The minimum absolute atomic E-state index is 0.0199.